The second-order valence-electron chi connectivity index (χ2n) is 2.42. The Balaban J connectivity index is 0.00000169. The van der Waals surface area contributed by atoms with Crippen LogP contribution in [0.25, 0.3) is 6.08 Å². The van der Waals surface area contributed by atoms with Gasteiger partial charge in [0.25, 0.3) is 0 Å². The number of carbonyl (C=O) groups is 1. The zero-order valence-corrected chi connectivity index (χ0v) is 10.2. The molecule has 0 heterocycles. The number of hydrogen-bond acceptors (Lipinski definition) is 3. The topological polar surface area (TPSA) is 49.4 Å². The largest absolute Gasteiger partial charge is 1.00 e. The Morgan fingerprint density at radius 2 is 2.21 bits per heavy atom. The molecule has 0 aromatic heterocycles. The minimum absolute atomic E-state index is 0. The van der Waals surface area contributed by atoms with E-state index in [9.17, 15) is 9.90 Å². The summed E-state index contributed by atoms with van der Waals surface area (Å²) in [4.78, 5) is 11.1. The van der Waals surface area contributed by atoms with Crippen LogP contribution in [-0.2, 0) is 4.74 Å². The molecule has 0 saturated heterocycles. The van der Waals surface area contributed by atoms with Crippen molar-refractivity contribution in [2.75, 3.05) is 7.11 Å². The average Bonchev–Trinajstić information content (AvgIpc) is 2.16. The van der Waals surface area contributed by atoms with Crippen LogP contribution in [-0.4, -0.2) is 13.1 Å². The number of carbonyl (C=O) groups excluding carboxylic acids is 1. The predicted octanol–water partition coefficient (Wildman–Crippen LogP) is -1.81. The molecule has 0 atom stereocenters. The summed E-state index contributed by atoms with van der Waals surface area (Å²) in [5, 5.41) is 11.3. The van der Waals surface area contributed by atoms with Crippen molar-refractivity contribution >= 4 is 12.0 Å². The molecule has 1 aromatic rings. The number of hydrogen-bond donors (Lipinski definition) is 0. The molecule has 0 saturated carbocycles. The van der Waals surface area contributed by atoms with Gasteiger partial charge in [0, 0.05) is 0 Å². The molecule has 68 valence electrons. The zero-order valence-electron chi connectivity index (χ0n) is 8.24. The van der Waals surface area contributed by atoms with E-state index >= 15 is 0 Å². The van der Waals surface area contributed by atoms with E-state index in [1.165, 1.54) is 19.3 Å². The third kappa shape index (κ3) is 2.61. The van der Waals surface area contributed by atoms with Gasteiger partial charge < -0.3 is 9.84 Å². The average molecular weight is 200 g/mol. The molecule has 0 N–H and O–H groups in total. The maximum Gasteiger partial charge on any atom is 1.00 e. The van der Waals surface area contributed by atoms with Gasteiger partial charge in [-0.25, -0.2) is 4.79 Å². The molecule has 4 heteroatoms. The standard InChI is InChI=1S/C10H10O3.Na/c1-3-7-5-4-6-8(11)9(7)10(12)13-2;/h3-6,11H,1H2,2H3;/q;+1/p-1. The SMILES string of the molecule is C=Cc1cccc([O-])c1C(=O)OC.[Na+]. The first kappa shape index (κ1) is 13.2. The maximum atomic E-state index is 11.3. The summed E-state index contributed by atoms with van der Waals surface area (Å²) in [6, 6.07) is 4.53. The van der Waals surface area contributed by atoms with Crippen LogP contribution in [0.15, 0.2) is 24.8 Å². The van der Waals surface area contributed by atoms with Gasteiger partial charge in [-0.05, 0) is 5.56 Å². The van der Waals surface area contributed by atoms with E-state index in [-0.39, 0.29) is 40.9 Å². The summed E-state index contributed by atoms with van der Waals surface area (Å²) < 4.78 is 4.47. The van der Waals surface area contributed by atoms with Gasteiger partial charge in [-0.2, -0.15) is 0 Å². The molecule has 0 spiro atoms. The number of methoxy groups -OCH3 is 1. The molecule has 0 aliphatic carbocycles. The summed E-state index contributed by atoms with van der Waals surface area (Å²) in [6.07, 6.45) is 1.45. The summed E-state index contributed by atoms with van der Waals surface area (Å²) >= 11 is 0. The first-order valence-corrected chi connectivity index (χ1v) is 3.71. The van der Waals surface area contributed by atoms with Crippen LogP contribution in [0, 0.1) is 0 Å². The quantitative estimate of drug-likeness (QED) is 0.418. The van der Waals surface area contributed by atoms with Crippen LogP contribution in [0.4, 0.5) is 0 Å². The van der Waals surface area contributed by atoms with Gasteiger partial charge in [-0.1, -0.05) is 36.6 Å². The van der Waals surface area contributed by atoms with Crippen LogP contribution < -0.4 is 34.7 Å². The van der Waals surface area contributed by atoms with Crippen LogP contribution in [0.2, 0.25) is 0 Å². The minimum Gasteiger partial charge on any atom is -0.872 e. The van der Waals surface area contributed by atoms with Crippen molar-refractivity contribution in [1.29, 1.82) is 0 Å². The Bertz CT molecular complexity index is 347. The Hall–Kier alpha value is -0.770. The number of benzene rings is 1. The molecule has 1 aromatic carbocycles. The Morgan fingerprint density at radius 1 is 1.57 bits per heavy atom. The van der Waals surface area contributed by atoms with Crippen molar-refractivity contribution in [3.05, 3.63) is 35.9 Å². The summed E-state index contributed by atoms with van der Waals surface area (Å²) in [5.74, 6) is -0.968. The molecular weight excluding hydrogens is 191 g/mol. The van der Waals surface area contributed by atoms with Crippen LogP contribution in [0.3, 0.4) is 0 Å². The normalized spacial score (nSPS) is 8.64. The molecule has 0 bridgehead atoms. The number of esters is 1. The first-order chi connectivity index (χ1) is 6.20. The van der Waals surface area contributed by atoms with Gasteiger partial charge in [0.15, 0.2) is 0 Å². The van der Waals surface area contributed by atoms with Crippen LogP contribution in [0.1, 0.15) is 15.9 Å². The molecule has 0 radical (unpaired) electrons. The van der Waals surface area contributed by atoms with Gasteiger partial charge in [0.2, 0.25) is 0 Å². The van der Waals surface area contributed by atoms with E-state index in [1.807, 2.05) is 0 Å². The Morgan fingerprint density at radius 3 is 2.71 bits per heavy atom. The fraction of sp³-hybridized carbons (Fsp3) is 0.100. The van der Waals surface area contributed by atoms with Gasteiger partial charge in [-0.15, -0.1) is 0 Å². The van der Waals surface area contributed by atoms with Gasteiger partial charge >= 0.3 is 35.5 Å². The van der Waals surface area contributed by atoms with Crippen molar-refractivity contribution in [2.45, 2.75) is 0 Å². The van der Waals surface area contributed by atoms with E-state index in [0.29, 0.717) is 5.56 Å². The summed E-state index contributed by atoms with van der Waals surface area (Å²) in [7, 11) is 1.24. The molecule has 0 aliphatic heterocycles. The van der Waals surface area contributed by atoms with Crippen molar-refractivity contribution in [3.8, 4) is 5.75 Å². The summed E-state index contributed by atoms with van der Waals surface area (Å²) in [6.45, 7) is 3.50. The molecule has 0 aliphatic rings. The second-order valence-corrected chi connectivity index (χ2v) is 2.42. The Kier molecular flexibility index (Phi) is 5.53. The molecule has 0 unspecified atom stereocenters. The van der Waals surface area contributed by atoms with Gasteiger partial charge in [-0.3, -0.25) is 0 Å². The zero-order chi connectivity index (χ0) is 9.84. The monoisotopic (exact) mass is 200 g/mol. The predicted molar refractivity (Wildman–Crippen MR) is 47.3 cm³/mol. The molecule has 1 rings (SSSR count). The Labute approximate surface area is 105 Å². The number of rotatable bonds is 2. The van der Waals surface area contributed by atoms with Crippen molar-refractivity contribution < 1.29 is 44.2 Å². The van der Waals surface area contributed by atoms with E-state index < -0.39 is 5.97 Å². The molecule has 14 heavy (non-hydrogen) atoms. The maximum absolute atomic E-state index is 11.3. The fourth-order valence-corrected chi connectivity index (χ4v) is 1.04. The molecule has 0 amide bonds. The minimum atomic E-state index is -0.625. The van der Waals surface area contributed by atoms with Crippen molar-refractivity contribution in [1.82, 2.24) is 0 Å². The van der Waals surface area contributed by atoms with Crippen LogP contribution in [0.5, 0.6) is 5.75 Å². The van der Waals surface area contributed by atoms with E-state index in [1.54, 1.807) is 12.1 Å². The van der Waals surface area contributed by atoms with E-state index in [0.717, 1.165) is 0 Å². The van der Waals surface area contributed by atoms with E-state index in [2.05, 4.69) is 11.3 Å². The van der Waals surface area contributed by atoms with Crippen LogP contribution >= 0.6 is 0 Å². The third-order valence-electron chi connectivity index (χ3n) is 1.67. The smallest absolute Gasteiger partial charge is 0.872 e. The third-order valence-corrected chi connectivity index (χ3v) is 1.67. The first-order valence-electron chi connectivity index (χ1n) is 3.71. The van der Waals surface area contributed by atoms with Crippen molar-refractivity contribution in [2.24, 2.45) is 0 Å². The van der Waals surface area contributed by atoms with Gasteiger partial charge in [0.05, 0.1) is 12.7 Å². The van der Waals surface area contributed by atoms with Crippen molar-refractivity contribution in [3.63, 3.8) is 0 Å². The fourth-order valence-electron chi connectivity index (χ4n) is 1.04. The summed E-state index contributed by atoms with van der Waals surface area (Å²) in [5.41, 5.74) is 0.541. The molecule has 0 fully saturated rings. The number of ether oxygens (including phenoxy) is 1. The van der Waals surface area contributed by atoms with E-state index in [4.69, 9.17) is 0 Å². The van der Waals surface area contributed by atoms with Gasteiger partial charge in [0.1, 0.15) is 0 Å². The molecular formula is C10H9NaO3. The molecule has 3 nitrogen and oxygen atoms in total. The second kappa shape index (κ2) is 5.86.